The third kappa shape index (κ3) is 29.2. The first-order valence-corrected chi connectivity index (χ1v) is 18.3. The maximum Gasteiger partial charge on any atom is 0.268 e. The number of unbranched alkanes of at least 4 members (excludes halogenated alkanes) is 12. The minimum absolute atomic E-state index is 0.00547. The molecule has 0 radical (unpaired) electrons. The molecule has 0 heterocycles. The summed E-state index contributed by atoms with van der Waals surface area (Å²) in [6.45, 7) is 4.36. The molecule has 0 aromatic carbocycles. The number of allylic oxidation sites excluding steroid dienone is 5. The van der Waals surface area contributed by atoms with Crippen LogP contribution < -0.4 is 10.2 Å². The molecular weight excluding hydrogens is 563 g/mol. The first-order valence-electron chi connectivity index (χ1n) is 16.9. The highest BCUT2D eigenvalue weighted by atomic mass is 31.2. The standard InChI is InChI=1S/C34H65N2O6P/c1-6-8-10-11-12-13-14-15-16-17-18-19-20-21-22-23-24-26-28-34(38)35-32(33(37)27-25-9-7-2)31-42-43(39,40)41-30-29-36(3,4)5/h13-14,16-17,25,27,32-33,37H,6-12,15,18-24,26,28-31H2,1-5H3,(H-,35,38,39,40)/b14-13-,17-16-,27-25+. The lowest BCUT2D eigenvalue weighted by atomic mass is 10.1. The zero-order chi connectivity index (χ0) is 32.2. The van der Waals surface area contributed by atoms with Gasteiger partial charge in [0, 0.05) is 6.42 Å². The number of hydrogen-bond donors (Lipinski definition) is 2. The maximum atomic E-state index is 12.6. The van der Waals surface area contributed by atoms with Gasteiger partial charge in [0.25, 0.3) is 7.82 Å². The summed E-state index contributed by atoms with van der Waals surface area (Å²) in [4.78, 5) is 24.8. The first kappa shape index (κ1) is 41.7. The Morgan fingerprint density at radius 1 is 0.814 bits per heavy atom. The summed E-state index contributed by atoms with van der Waals surface area (Å²) in [5, 5.41) is 13.3. The third-order valence-electron chi connectivity index (χ3n) is 7.08. The molecule has 0 aliphatic carbocycles. The average Bonchev–Trinajstić information content (AvgIpc) is 2.93. The predicted molar refractivity (Wildman–Crippen MR) is 178 cm³/mol. The van der Waals surface area contributed by atoms with Crippen molar-refractivity contribution in [3.8, 4) is 0 Å². The second-order valence-corrected chi connectivity index (χ2v) is 13.9. The van der Waals surface area contributed by atoms with Gasteiger partial charge in [0.15, 0.2) is 0 Å². The lowest BCUT2D eigenvalue weighted by Crippen LogP contribution is -2.45. The van der Waals surface area contributed by atoms with Crippen molar-refractivity contribution in [1.82, 2.24) is 5.32 Å². The Hall–Kier alpha value is -1.28. The molecule has 252 valence electrons. The summed E-state index contributed by atoms with van der Waals surface area (Å²) in [6, 6.07) is -0.884. The topological polar surface area (TPSA) is 108 Å². The Kier molecular flexibility index (Phi) is 26.3. The minimum Gasteiger partial charge on any atom is -0.756 e. The number of carbonyl (C=O) groups is 1. The molecule has 0 spiro atoms. The monoisotopic (exact) mass is 628 g/mol. The van der Waals surface area contributed by atoms with Gasteiger partial charge in [0.05, 0.1) is 39.9 Å². The van der Waals surface area contributed by atoms with Gasteiger partial charge >= 0.3 is 0 Å². The molecule has 43 heavy (non-hydrogen) atoms. The van der Waals surface area contributed by atoms with Crippen molar-refractivity contribution in [1.29, 1.82) is 0 Å². The smallest absolute Gasteiger partial charge is 0.268 e. The largest absolute Gasteiger partial charge is 0.756 e. The van der Waals surface area contributed by atoms with Gasteiger partial charge in [0.2, 0.25) is 5.91 Å². The summed E-state index contributed by atoms with van der Waals surface area (Å²) < 4.78 is 22.7. The van der Waals surface area contributed by atoms with Gasteiger partial charge in [-0.15, -0.1) is 0 Å². The Bertz CT molecular complexity index is 809. The number of phosphoric ester groups is 1. The molecule has 3 unspecified atom stereocenters. The molecule has 0 aromatic heterocycles. The van der Waals surface area contributed by atoms with E-state index in [1.54, 1.807) is 6.08 Å². The zero-order valence-electron chi connectivity index (χ0n) is 28.1. The molecule has 0 saturated carbocycles. The van der Waals surface area contributed by atoms with E-state index in [0.717, 1.165) is 51.4 Å². The number of amides is 1. The van der Waals surface area contributed by atoms with Crippen LogP contribution in [0.3, 0.4) is 0 Å². The van der Waals surface area contributed by atoms with E-state index in [1.165, 1.54) is 51.4 Å². The normalized spacial score (nSPS) is 15.4. The van der Waals surface area contributed by atoms with Crippen LogP contribution in [0.25, 0.3) is 0 Å². The van der Waals surface area contributed by atoms with E-state index in [0.29, 0.717) is 17.4 Å². The van der Waals surface area contributed by atoms with E-state index in [-0.39, 0.29) is 19.1 Å². The predicted octanol–water partition coefficient (Wildman–Crippen LogP) is 7.38. The van der Waals surface area contributed by atoms with Crippen LogP contribution in [0.5, 0.6) is 0 Å². The average molecular weight is 629 g/mol. The quantitative estimate of drug-likeness (QED) is 0.0387. The van der Waals surface area contributed by atoms with Crippen molar-refractivity contribution in [2.24, 2.45) is 0 Å². The highest BCUT2D eigenvalue weighted by Gasteiger charge is 2.23. The van der Waals surface area contributed by atoms with Crippen LogP contribution in [0.4, 0.5) is 0 Å². The Labute approximate surface area is 264 Å². The number of quaternary nitrogens is 1. The molecule has 0 fully saturated rings. The fourth-order valence-electron chi connectivity index (χ4n) is 4.30. The summed E-state index contributed by atoms with van der Waals surface area (Å²) in [7, 11) is 1.24. The molecule has 3 atom stereocenters. The highest BCUT2D eigenvalue weighted by Crippen LogP contribution is 2.38. The Morgan fingerprint density at radius 3 is 1.98 bits per heavy atom. The van der Waals surface area contributed by atoms with Gasteiger partial charge in [-0.25, -0.2) is 0 Å². The Morgan fingerprint density at radius 2 is 1.40 bits per heavy atom. The van der Waals surface area contributed by atoms with Crippen molar-refractivity contribution >= 4 is 13.7 Å². The van der Waals surface area contributed by atoms with Crippen LogP contribution in [0, 0.1) is 0 Å². The lowest BCUT2D eigenvalue weighted by Gasteiger charge is -2.29. The van der Waals surface area contributed by atoms with E-state index < -0.39 is 20.0 Å². The van der Waals surface area contributed by atoms with Crippen molar-refractivity contribution in [2.75, 3.05) is 40.9 Å². The number of aliphatic hydroxyl groups excluding tert-OH is 1. The van der Waals surface area contributed by atoms with Crippen LogP contribution in [0.1, 0.15) is 123 Å². The van der Waals surface area contributed by atoms with Crippen LogP contribution in [-0.2, 0) is 18.4 Å². The number of nitrogens with one attached hydrogen (secondary N) is 1. The van der Waals surface area contributed by atoms with Gasteiger partial charge in [-0.2, -0.15) is 0 Å². The fourth-order valence-corrected chi connectivity index (χ4v) is 5.03. The van der Waals surface area contributed by atoms with Gasteiger partial charge < -0.3 is 28.8 Å². The molecule has 0 bridgehead atoms. The Balaban J connectivity index is 4.19. The van der Waals surface area contributed by atoms with Gasteiger partial charge in [0.1, 0.15) is 13.2 Å². The number of aliphatic hydroxyl groups is 1. The molecule has 8 nitrogen and oxygen atoms in total. The highest BCUT2D eigenvalue weighted by molar-refractivity contribution is 7.45. The van der Waals surface area contributed by atoms with E-state index >= 15 is 0 Å². The first-order chi connectivity index (χ1) is 20.5. The van der Waals surface area contributed by atoms with E-state index in [1.807, 2.05) is 34.1 Å². The number of likely N-dealkylation sites (N-methyl/N-ethyl adjacent to an activating group) is 1. The van der Waals surface area contributed by atoms with Crippen LogP contribution in [0.15, 0.2) is 36.5 Å². The van der Waals surface area contributed by atoms with Crippen LogP contribution >= 0.6 is 7.82 Å². The lowest BCUT2D eigenvalue weighted by molar-refractivity contribution is -0.870. The molecule has 0 rings (SSSR count). The van der Waals surface area contributed by atoms with Crippen molar-refractivity contribution in [2.45, 2.75) is 135 Å². The number of phosphoric acid groups is 1. The number of carbonyl (C=O) groups excluding carboxylic acids is 1. The molecule has 0 saturated heterocycles. The van der Waals surface area contributed by atoms with Crippen molar-refractivity contribution in [3.63, 3.8) is 0 Å². The SMILES string of the molecule is CCC/C=C/C(O)C(COP(=O)([O-])OCC[N+](C)(C)C)NC(=O)CCCCCCCCC/C=C\C/C=C\CCCCCC. The van der Waals surface area contributed by atoms with E-state index in [9.17, 15) is 19.4 Å². The van der Waals surface area contributed by atoms with E-state index in [4.69, 9.17) is 9.05 Å². The minimum atomic E-state index is -4.56. The molecule has 9 heteroatoms. The second kappa shape index (κ2) is 27.1. The molecule has 0 aliphatic heterocycles. The fraction of sp³-hybridized carbons (Fsp3) is 0.794. The molecule has 1 amide bonds. The zero-order valence-corrected chi connectivity index (χ0v) is 29.0. The summed E-state index contributed by atoms with van der Waals surface area (Å²) in [5.41, 5.74) is 0. The number of rotatable bonds is 29. The second-order valence-electron chi connectivity index (χ2n) is 12.5. The van der Waals surface area contributed by atoms with Gasteiger partial charge in [-0.05, 0) is 44.9 Å². The van der Waals surface area contributed by atoms with Crippen LogP contribution in [0.2, 0.25) is 0 Å². The molecule has 0 aromatic rings. The molecule has 0 aliphatic rings. The summed E-state index contributed by atoms with van der Waals surface area (Å²) >= 11 is 0. The molecule has 2 N–H and O–H groups in total. The third-order valence-corrected chi connectivity index (χ3v) is 8.04. The maximum absolute atomic E-state index is 12.6. The number of nitrogens with zero attached hydrogens (tertiary/aromatic N) is 1. The van der Waals surface area contributed by atoms with Crippen molar-refractivity contribution in [3.05, 3.63) is 36.5 Å². The van der Waals surface area contributed by atoms with E-state index in [2.05, 4.69) is 36.5 Å². The van der Waals surface area contributed by atoms with Crippen molar-refractivity contribution < 1.29 is 32.9 Å². The summed E-state index contributed by atoms with van der Waals surface area (Å²) in [6.07, 6.45) is 29.8. The van der Waals surface area contributed by atoms with Crippen LogP contribution in [-0.4, -0.2) is 68.5 Å². The molecular formula is C34H65N2O6P. The van der Waals surface area contributed by atoms with Gasteiger partial charge in [-0.1, -0.05) is 108 Å². The summed E-state index contributed by atoms with van der Waals surface area (Å²) in [5.74, 6) is -0.221. The number of hydrogen-bond acceptors (Lipinski definition) is 6. The van der Waals surface area contributed by atoms with Gasteiger partial charge in [-0.3, -0.25) is 9.36 Å².